The summed E-state index contributed by atoms with van der Waals surface area (Å²) in [4.78, 5) is 18.3. The Bertz CT molecular complexity index is 531. The van der Waals surface area contributed by atoms with Crippen LogP contribution in [0.4, 0.5) is 0 Å². The van der Waals surface area contributed by atoms with Crippen molar-refractivity contribution in [3.05, 3.63) is 35.4 Å². The monoisotopic (exact) mass is 344 g/mol. The van der Waals surface area contributed by atoms with Crippen molar-refractivity contribution in [1.82, 2.24) is 5.48 Å². The molecule has 0 aliphatic heterocycles. The van der Waals surface area contributed by atoms with Crippen LogP contribution in [0.15, 0.2) is 24.3 Å². The molecule has 2 aliphatic carbocycles. The van der Waals surface area contributed by atoms with Crippen LogP contribution in [-0.2, 0) is 22.7 Å². The summed E-state index contributed by atoms with van der Waals surface area (Å²) in [6.07, 6.45) is 11.1. The van der Waals surface area contributed by atoms with Gasteiger partial charge in [-0.15, -0.1) is 5.48 Å². The van der Waals surface area contributed by atoms with Crippen LogP contribution in [0.1, 0.15) is 68.9 Å². The molecule has 3 N–H and O–H groups in total. The molecule has 4 nitrogen and oxygen atoms in total. The molecule has 0 amide bonds. The highest BCUT2D eigenvalue weighted by Crippen LogP contribution is 2.41. The molecule has 138 valence electrons. The fourth-order valence-corrected chi connectivity index (χ4v) is 4.63. The molecule has 2 fully saturated rings. The molecule has 0 spiro atoms. The zero-order valence-corrected chi connectivity index (χ0v) is 15.2. The summed E-state index contributed by atoms with van der Waals surface area (Å²) in [5.41, 5.74) is 10.7. The van der Waals surface area contributed by atoms with Gasteiger partial charge in [-0.1, -0.05) is 56.4 Å². The number of benzene rings is 1. The van der Waals surface area contributed by atoms with Crippen LogP contribution in [-0.4, -0.2) is 5.97 Å². The van der Waals surface area contributed by atoms with E-state index in [2.05, 4.69) is 5.48 Å². The van der Waals surface area contributed by atoms with Gasteiger partial charge in [-0.05, 0) is 48.6 Å². The third kappa shape index (κ3) is 5.05. The van der Waals surface area contributed by atoms with Gasteiger partial charge < -0.3 is 10.6 Å². The molecule has 1 atom stereocenters. The quantitative estimate of drug-likeness (QED) is 0.732. The molecule has 3 rings (SSSR count). The fourth-order valence-electron chi connectivity index (χ4n) is 4.63. The molecule has 0 aromatic heterocycles. The average Bonchev–Trinajstić information content (AvgIpc) is 3.17. The van der Waals surface area contributed by atoms with E-state index in [1.54, 1.807) is 0 Å². The molecule has 0 unspecified atom stereocenters. The SMILES string of the molecule is NCc1ccc(CNOC(=O)[C@H](C2CCCCC2)C2CCCC2)cc1. The number of hydrogen-bond donors (Lipinski definition) is 2. The Morgan fingerprint density at radius 3 is 2.04 bits per heavy atom. The van der Waals surface area contributed by atoms with Gasteiger partial charge in [0, 0.05) is 6.54 Å². The molecule has 0 heterocycles. The predicted molar refractivity (Wildman–Crippen MR) is 99.3 cm³/mol. The summed E-state index contributed by atoms with van der Waals surface area (Å²) in [6, 6.07) is 8.08. The van der Waals surface area contributed by atoms with Gasteiger partial charge in [0.05, 0.1) is 12.5 Å². The second kappa shape index (κ2) is 9.35. The fraction of sp³-hybridized carbons (Fsp3) is 0.667. The van der Waals surface area contributed by atoms with Crippen molar-refractivity contribution in [3.8, 4) is 0 Å². The van der Waals surface area contributed by atoms with Gasteiger partial charge >= 0.3 is 5.97 Å². The number of nitrogens with one attached hydrogen (secondary N) is 1. The van der Waals surface area contributed by atoms with E-state index in [0.717, 1.165) is 11.1 Å². The van der Waals surface area contributed by atoms with E-state index in [-0.39, 0.29) is 11.9 Å². The minimum Gasteiger partial charge on any atom is -0.370 e. The summed E-state index contributed by atoms with van der Waals surface area (Å²) in [5, 5.41) is 0. The Morgan fingerprint density at radius 2 is 1.48 bits per heavy atom. The van der Waals surface area contributed by atoms with Crippen molar-refractivity contribution in [1.29, 1.82) is 0 Å². The van der Waals surface area contributed by atoms with E-state index in [9.17, 15) is 4.79 Å². The predicted octanol–water partition coefficient (Wildman–Crippen LogP) is 4.08. The van der Waals surface area contributed by atoms with E-state index < -0.39 is 0 Å². The third-order valence-electron chi connectivity index (χ3n) is 6.05. The van der Waals surface area contributed by atoms with Crippen LogP contribution in [0, 0.1) is 17.8 Å². The highest BCUT2D eigenvalue weighted by Gasteiger charge is 2.38. The number of hydrogen-bond acceptors (Lipinski definition) is 4. The highest BCUT2D eigenvalue weighted by molar-refractivity contribution is 5.73. The number of carbonyl (C=O) groups excluding carboxylic acids is 1. The van der Waals surface area contributed by atoms with Gasteiger partial charge in [0.2, 0.25) is 0 Å². The first-order chi connectivity index (χ1) is 12.3. The summed E-state index contributed by atoms with van der Waals surface area (Å²) < 4.78 is 0. The molecule has 25 heavy (non-hydrogen) atoms. The van der Waals surface area contributed by atoms with Gasteiger partial charge in [0.1, 0.15) is 0 Å². The Labute approximate surface area is 151 Å². The topological polar surface area (TPSA) is 64.3 Å². The molecular formula is C21H32N2O2. The Balaban J connectivity index is 1.53. The summed E-state index contributed by atoms with van der Waals surface area (Å²) >= 11 is 0. The van der Waals surface area contributed by atoms with Gasteiger partial charge in [-0.25, -0.2) is 0 Å². The van der Waals surface area contributed by atoms with E-state index in [4.69, 9.17) is 10.6 Å². The summed E-state index contributed by atoms with van der Waals surface area (Å²) in [7, 11) is 0. The van der Waals surface area contributed by atoms with E-state index in [1.807, 2.05) is 24.3 Å². The number of nitrogens with two attached hydrogens (primary N) is 1. The van der Waals surface area contributed by atoms with Crippen LogP contribution >= 0.6 is 0 Å². The molecule has 1 aromatic rings. The molecule has 0 radical (unpaired) electrons. The minimum absolute atomic E-state index is 0.0302. The lowest BCUT2D eigenvalue weighted by atomic mass is 9.73. The lowest BCUT2D eigenvalue weighted by Crippen LogP contribution is -2.35. The van der Waals surface area contributed by atoms with Crippen LogP contribution < -0.4 is 11.2 Å². The van der Waals surface area contributed by atoms with Crippen molar-refractivity contribution in [2.75, 3.05) is 0 Å². The van der Waals surface area contributed by atoms with Crippen LogP contribution in [0.25, 0.3) is 0 Å². The summed E-state index contributed by atoms with van der Waals surface area (Å²) in [6.45, 7) is 1.09. The number of carbonyl (C=O) groups is 1. The van der Waals surface area contributed by atoms with Crippen molar-refractivity contribution in [3.63, 3.8) is 0 Å². The van der Waals surface area contributed by atoms with Gasteiger partial charge in [0.15, 0.2) is 0 Å². The number of hydroxylamine groups is 1. The Hall–Kier alpha value is -1.39. The molecule has 0 saturated heterocycles. The first kappa shape index (κ1) is 18.4. The maximum Gasteiger partial charge on any atom is 0.328 e. The molecule has 4 heteroatoms. The second-order valence-corrected chi connectivity index (χ2v) is 7.73. The molecule has 0 bridgehead atoms. The van der Waals surface area contributed by atoms with E-state index >= 15 is 0 Å². The first-order valence-corrected chi connectivity index (χ1v) is 9.99. The van der Waals surface area contributed by atoms with Crippen molar-refractivity contribution in [2.45, 2.75) is 70.9 Å². The molecule has 1 aromatic carbocycles. The minimum atomic E-state index is -0.0302. The van der Waals surface area contributed by atoms with Gasteiger partial charge in [0.25, 0.3) is 0 Å². The Morgan fingerprint density at radius 1 is 0.960 bits per heavy atom. The lowest BCUT2D eigenvalue weighted by molar-refractivity contribution is -0.161. The molecule has 2 aliphatic rings. The van der Waals surface area contributed by atoms with Crippen molar-refractivity contribution in [2.24, 2.45) is 23.5 Å². The van der Waals surface area contributed by atoms with Crippen LogP contribution in [0.5, 0.6) is 0 Å². The average molecular weight is 344 g/mol. The smallest absolute Gasteiger partial charge is 0.328 e. The molecular weight excluding hydrogens is 312 g/mol. The zero-order valence-electron chi connectivity index (χ0n) is 15.2. The van der Waals surface area contributed by atoms with Crippen molar-refractivity contribution >= 4 is 5.97 Å². The highest BCUT2D eigenvalue weighted by atomic mass is 16.7. The lowest BCUT2D eigenvalue weighted by Gasteiger charge is -2.32. The van der Waals surface area contributed by atoms with Gasteiger partial charge in [-0.2, -0.15) is 0 Å². The van der Waals surface area contributed by atoms with E-state index in [1.165, 1.54) is 57.8 Å². The second-order valence-electron chi connectivity index (χ2n) is 7.73. The Kier molecular flexibility index (Phi) is 6.88. The maximum absolute atomic E-state index is 12.8. The van der Waals surface area contributed by atoms with Gasteiger partial charge in [-0.3, -0.25) is 4.79 Å². The number of rotatable bonds is 7. The first-order valence-electron chi connectivity index (χ1n) is 9.99. The van der Waals surface area contributed by atoms with E-state index in [0.29, 0.717) is 24.9 Å². The largest absolute Gasteiger partial charge is 0.370 e. The zero-order chi connectivity index (χ0) is 17.5. The maximum atomic E-state index is 12.8. The molecule has 2 saturated carbocycles. The third-order valence-corrected chi connectivity index (χ3v) is 6.05. The van der Waals surface area contributed by atoms with Crippen molar-refractivity contribution < 1.29 is 9.63 Å². The van der Waals surface area contributed by atoms with Crippen LogP contribution in [0.3, 0.4) is 0 Å². The van der Waals surface area contributed by atoms with Crippen LogP contribution in [0.2, 0.25) is 0 Å². The summed E-state index contributed by atoms with van der Waals surface area (Å²) in [5.74, 6) is 1.11. The standard InChI is InChI=1S/C21H32N2O2/c22-14-16-10-12-17(13-11-16)15-23-25-21(24)20(19-8-4-5-9-19)18-6-2-1-3-7-18/h10-13,18-20,23H,1-9,14-15,22H2/t20-/m1/s1. The normalized spacial score (nSPS) is 20.5.